The van der Waals surface area contributed by atoms with Gasteiger partial charge in [0.25, 0.3) is 0 Å². The van der Waals surface area contributed by atoms with E-state index in [0.717, 1.165) is 31.4 Å². The molecule has 2 aliphatic carbocycles. The molecule has 14 nitrogen and oxygen atoms in total. The van der Waals surface area contributed by atoms with Crippen molar-refractivity contribution in [2.24, 2.45) is 0 Å². The predicted octanol–water partition coefficient (Wildman–Crippen LogP) is 2.30. The van der Waals surface area contributed by atoms with Gasteiger partial charge in [0.15, 0.2) is 0 Å². The third-order valence-electron chi connectivity index (χ3n) is 13.2. The summed E-state index contributed by atoms with van der Waals surface area (Å²) in [6.45, 7) is 3.41. The standard InChI is InChI=1S/2C30H30O4P.2CH4O3S.BrH.Na/c2*1-22-26(28(32)30(34-3)29(33-2)27(22)31)20-13-21-35(23-14-7-4-8-15-23,24-16-9-5-10-17-24)25-18-11-6-12-19-25;2*1-5(2,3)4;;/h2*4-12,14-19H,13,20-21H2,1-3H3;2*1H3,(H,2,3,4);1H;/q2*+1;;;;+1/p-1. The van der Waals surface area contributed by atoms with Crippen LogP contribution >= 0.6 is 14.5 Å². The second-order valence-corrected chi connectivity index (χ2v) is 28.6. The molecule has 0 spiro atoms. The summed E-state index contributed by atoms with van der Waals surface area (Å²) in [7, 11) is -5.77. The van der Waals surface area contributed by atoms with E-state index in [9.17, 15) is 23.4 Å². The van der Waals surface area contributed by atoms with Crippen LogP contribution in [-0.4, -0.2) is 102 Å². The molecule has 0 amide bonds. The maximum absolute atomic E-state index is 13.2. The average molecular weight is 1270 g/mol. The van der Waals surface area contributed by atoms with Crippen molar-refractivity contribution in [1.82, 2.24) is 0 Å². The number of Topliss-reactive ketones (excluding diaryl/α,β-unsaturated/α-hetero) is 4. The van der Waals surface area contributed by atoms with Crippen LogP contribution in [0.15, 0.2) is 227 Å². The Kier molecular flexibility index (Phi) is 28.4. The first-order valence-corrected chi connectivity index (χ1v) is 32.9. The molecule has 82 heavy (non-hydrogen) atoms. The molecular formula is C62H68BrNaO14P2S2+2. The minimum atomic E-state index is -3.92. The van der Waals surface area contributed by atoms with Crippen LogP contribution in [0.3, 0.4) is 0 Å². The van der Waals surface area contributed by atoms with Crippen molar-refractivity contribution in [2.75, 3.05) is 53.3 Å². The predicted molar refractivity (Wildman–Crippen MR) is 320 cm³/mol. The topological polar surface area (TPSA) is 221 Å². The average Bonchev–Trinajstić information content (AvgIpc) is 3.46. The number of carbonyl (C=O) groups excluding carboxylic acids is 4. The number of hydrogen-bond donors (Lipinski definition) is 1. The summed E-state index contributed by atoms with van der Waals surface area (Å²) in [5, 5.41) is 7.80. The van der Waals surface area contributed by atoms with Gasteiger partial charge in [-0.25, -0.2) is 17.2 Å². The Labute approximate surface area is 516 Å². The smallest absolute Gasteiger partial charge is 1.00 e. The molecule has 0 fully saturated rings. The first kappa shape index (κ1) is 70.6. The number of carbonyl (C=O) groups is 4. The zero-order valence-corrected chi connectivity index (χ0v) is 54.5. The van der Waals surface area contributed by atoms with Gasteiger partial charge in [-0.05, 0) is 112 Å². The second kappa shape index (κ2) is 33.0. The molecule has 0 radical (unpaired) electrons. The Bertz CT molecular complexity index is 3030. The Balaban J connectivity index is 0.000000361. The number of methoxy groups -OCH3 is 4. The van der Waals surface area contributed by atoms with Gasteiger partial charge >= 0.3 is 39.7 Å². The van der Waals surface area contributed by atoms with E-state index in [0.29, 0.717) is 41.4 Å². The van der Waals surface area contributed by atoms with Crippen molar-refractivity contribution in [1.29, 1.82) is 0 Å². The third kappa shape index (κ3) is 18.2. The Morgan fingerprint density at radius 1 is 0.427 bits per heavy atom. The van der Waals surface area contributed by atoms with Gasteiger partial charge in [-0.1, -0.05) is 109 Å². The Morgan fingerprint density at radius 2 is 0.598 bits per heavy atom. The van der Waals surface area contributed by atoms with Crippen LogP contribution < -0.4 is 78.4 Å². The summed E-state index contributed by atoms with van der Waals surface area (Å²) in [6, 6.07) is 63.9. The van der Waals surface area contributed by atoms with Gasteiger partial charge in [0.2, 0.25) is 46.2 Å². The summed E-state index contributed by atoms with van der Waals surface area (Å²) in [6.07, 6.45) is 5.65. The zero-order valence-electron chi connectivity index (χ0n) is 47.4. The Morgan fingerprint density at radius 3 is 0.768 bits per heavy atom. The van der Waals surface area contributed by atoms with E-state index in [1.54, 1.807) is 13.8 Å². The van der Waals surface area contributed by atoms with E-state index < -0.39 is 34.8 Å². The molecule has 6 aromatic carbocycles. The molecule has 0 saturated carbocycles. The molecule has 1 atom stereocenters. The number of halogens is 1. The fourth-order valence-electron chi connectivity index (χ4n) is 9.74. The van der Waals surface area contributed by atoms with Gasteiger partial charge < -0.3 is 40.5 Å². The van der Waals surface area contributed by atoms with Crippen molar-refractivity contribution in [3.05, 3.63) is 227 Å². The molecule has 0 aromatic heterocycles. The summed E-state index contributed by atoms with van der Waals surface area (Å²) in [5.41, 5.74) is 1.91. The van der Waals surface area contributed by atoms with E-state index in [-0.39, 0.29) is 92.7 Å². The SMILES string of the molecule is COC1=C(OC)C(=O)C(CCC[P+](c2ccccc2)(c2ccccc2)c2ccccc2)=C(C)C1=O.COC1=C(OC)C(=O)C(CCC[P+](c2ccccc2)(c2ccccc2)c2ccccc2)=C(C)C1=O.CS(=O)(=O)[O-].CS(=O)(O)=[OH+].[Br-].[Na+]. The summed E-state index contributed by atoms with van der Waals surface area (Å²) in [4.78, 5) is 52.0. The summed E-state index contributed by atoms with van der Waals surface area (Å²) in [5.74, 6) is -1.13. The fourth-order valence-corrected chi connectivity index (χ4v) is 18.4. The van der Waals surface area contributed by atoms with Gasteiger partial charge in [0.05, 0.1) is 50.9 Å². The first-order chi connectivity index (χ1) is 38.1. The Hall–Kier alpha value is -5.68. The van der Waals surface area contributed by atoms with Gasteiger partial charge in [0.1, 0.15) is 52.6 Å². The van der Waals surface area contributed by atoms with E-state index in [1.807, 2.05) is 36.4 Å². The second-order valence-electron chi connectivity index (χ2n) is 18.4. The van der Waals surface area contributed by atoms with Crippen LogP contribution in [0.4, 0.5) is 0 Å². The maximum Gasteiger partial charge on any atom is 1.00 e. The quantitative estimate of drug-likeness (QED) is 0.0430. The van der Waals surface area contributed by atoms with Gasteiger partial charge in [-0.15, -0.1) is 0 Å². The van der Waals surface area contributed by atoms with Crippen LogP contribution in [0.5, 0.6) is 0 Å². The van der Waals surface area contributed by atoms with Gasteiger partial charge in [0, 0.05) is 28.5 Å². The molecule has 0 saturated heterocycles. The van der Waals surface area contributed by atoms with E-state index >= 15 is 0 Å². The molecule has 2 N–H and O–H groups in total. The largest absolute Gasteiger partial charge is 1.00 e. The minimum absolute atomic E-state index is 0. The number of allylic oxidation sites excluding steroid dienone is 4. The van der Waals surface area contributed by atoms with Gasteiger partial charge in [-0.3, -0.25) is 19.2 Å². The minimum Gasteiger partial charge on any atom is -1.00 e. The first-order valence-electron chi connectivity index (χ1n) is 25.3. The molecule has 428 valence electrons. The monoisotopic (exact) mass is 1260 g/mol. The molecule has 0 aliphatic heterocycles. The van der Waals surface area contributed by atoms with Crippen LogP contribution in [0.25, 0.3) is 0 Å². The molecule has 20 heteroatoms. The fraction of sp³-hybridized carbons (Fsp3) is 0.226. The van der Waals surface area contributed by atoms with E-state index in [4.69, 9.17) is 40.7 Å². The van der Waals surface area contributed by atoms with Crippen molar-refractivity contribution in [3.63, 3.8) is 0 Å². The van der Waals surface area contributed by atoms with Crippen LogP contribution in [0.2, 0.25) is 0 Å². The third-order valence-corrected chi connectivity index (χ3v) is 22.3. The molecule has 6 aromatic rings. The summed E-state index contributed by atoms with van der Waals surface area (Å²) >= 11 is 0. The van der Waals surface area contributed by atoms with E-state index in [1.165, 1.54) is 60.3 Å². The summed E-state index contributed by atoms with van der Waals surface area (Å²) < 4.78 is 72.6. The number of rotatable bonds is 18. The van der Waals surface area contributed by atoms with Crippen molar-refractivity contribution >= 4 is 89.7 Å². The molecular weight excluding hydrogens is 1200 g/mol. The molecule has 0 bridgehead atoms. The van der Waals surface area contributed by atoms with Crippen molar-refractivity contribution < 1.29 is 111 Å². The number of benzene rings is 6. The molecule has 1 unspecified atom stereocenters. The number of hydrogen-bond acceptors (Lipinski definition) is 12. The van der Waals surface area contributed by atoms with Gasteiger partial charge in [-0.2, -0.15) is 4.21 Å². The number of ether oxygens (including phenoxy) is 4. The zero-order chi connectivity index (χ0) is 58.7. The number of ketones is 4. The van der Waals surface area contributed by atoms with E-state index in [2.05, 4.69) is 146 Å². The van der Waals surface area contributed by atoms with Crippen LogP contribution in [-0.2, 0) is 58.4 Å². The van der Waals surface area contributed by atoms with Crippen molar-refractivity contribution in [3.8, 4) is 0 Å². The molecule has 0 heterocycles. The molecule has 8 rings (SSSR count). The van der Waals surface area contributed by atoms with Crippen LogP contribution in [0, 0.1) is 0 Å². The van der Waals surface area contributed by atoms with Crippen molar-refractivity contribution in [2.45, 2.75) is 39.5 Å². The van der Waals surface area contributed by atoms with Crippen LogP contribution in [0.1, 0.15) is 39.5 Å². The molecule has 2 aliphatic rings. The normalized spacial score (nSPS) is 14.3. The maximum atomic E-state index is 13.2.